The number of aryl methyl sites for hydroxylation is 2. The molecular formula is C15H15BrFNS. The summed E-state index contributed by atoms with van der Waals surface area (Å²) < 4.78 is 14.5. The Hall–Kier alpha value is -0.870. The van der Waals surface area contributed by atoms with E-state index in [1.54, 1.807) is 6.07 Å². The topological polar surface area (TPSA) is 12.0 Å². The summed E-state index contributed by atoms with van der Waals surface area (Å²) in [4.78, 5) is 1.45. The Bertz CT molecular complexity index is 608. The number of rotatable bonds is 2. The van der Waals surface area contributed by atoms with Gasteiger partial charge < -0.3 is 5.32 Å². The lowest BCUT2D eigenvalue weighted by Crippen LogP contribution is -2.16. The third-order valence-corrected chi connectivity index (χ3v) is 5.33. The van der Waals surface area contributed by atoms with E-state index >= 15 is 0 Å². The Morgan fingerprint density at radius 2 is 2.21 bits per heavy atom. The molecule has 1 unspecified atom stereocenters. The van der Waals surface area contributed by atoms with Gasteiger partial charge in [-0.25, -0.2) is 4.39 Å². The molecule has 1 aromatic heterocycles. The van der Waals surface area contributed by atoms with Crippen LogP contribution in [-0.2, 0) is 6.42 Å². The highest BCUT2D eigenvalue weighted by molar-refractivity contribution is 9.11. The van der Waals surface area contributed by atoms with E-state index in [4.69, 9.17) is 0 Å². The summed E-state index contributed by atoms with van der Waals surface area (Å²) in [6.07, 6.45) is 3.45. The van der Waals surface area contributed by atoms with Gasteiger partial charge in [0.15, 0.2) is 0 Å². The van der Waals surface area contributed by atoms with Gasteiger partial charge in [0.25, 0.3) is 0 Å². The first-order valence-electron chi connectivity index (χ1n) is 6.44. The van der Waals surface area contributed by atoms with Crippen molar-refractivity contribution >= 4 is 33.0 Å². The fourth-order valence-corrected chi connectivity index (χ4v) is 4.43. The van der Waals surface area contributed by atoms with Crippen LogP contribution >= 0.6 is 27.3 Å². The average Bonchev–Trinajstić information content (AvgIpc) is 2.75. The van der Waals surface area contributed by atoms with E-state index in [2.05, 4.69) is 27.3 Å². The van der Waals surface area contributed by atoms with Gasteiger partial charge in [-0.1, -0.05) is 6.07 Å². The van der Waals surface area contributed by atoms with Crippen LogP contribution in [0.15, 0.2) is 28.1 Å². The summed E-state index contributed by atoms with van der Waals surface area (Å²) in [7, 11) is 0. The number of fused-ring (bicyclic) bond motifs is 1. The van der Waals surface area contributed by atoms with E-state index in [0.29, 0.717) is 6.04 Å². The smallest absolute Gasteiger partial charge is 0.125 e. The zero-order chi connectivity index (χ0) is 13.4. The van der Waals surface area contributed by atoms with Crippen molar-refractivity contribution in [3.05, 3.63) is 49.9 Å². The summed E-state index contributed by atoms with van der Waals surface area (Å²) in [5.41, 5.74) is 3.36. The van der Waals surface area contributed by atoms with Gasteiger partial charge in [-0.15, -0.1) is 11.3 Å². The minimum absolute atomic E-state index is 0.185. The molecule has 1 nitrogen and oxygen atoms in total. The molecule has 0 saturated carbocycles. The first-order chi connectivity index (χ1) is 9.13. The van der Waals surface area contributed by atoms with Crippen LogP contribution in [0.3, 0.4) is 0 Å². The molecule has 19 heavy (non-hydrogen) atoms. The zero-order valence-corrected chi connectivity index (χ0v) is 13.1. The van der Waals surface area contributed by atoms with E-state index in [-0.39, 0.29) is 5.82 Å². The predicted molar refractivity (Wildman–Crippen MR) is 82.5 cm³/mol. The quantitative estimate of drug-likeness (QED) is 0.767. The number of nitrogens with one attached hydrogen (secondary N) is 1. The minimum atomic E-state index is -0.185. The Labute approximate surface area is 125 Å². The molecule has 0 spiro atoms. The molecule has 1 aliphatic rings. The van der Waals surface area contributed by atoms with Crippen LogP contribution in [0, 0.1) is 12.7 Å². The Morgan fingerprint density at radius 3 is 3.05 bits per heavy atom. The summed E-state index contributed by atoms with van der Waals surface area (Å²) >= 11 is 5.38. The second-order valence-corrected chi connectivity index (χ2v) is 7.49. The maximum absolute atomic E-state index is 13.4. The van der Waals surface area contributed by atoms with E-state index in [1.807, 2.05) is 24.3 Å². The highest BCUT2D eigenvalue weighted by atomic mass is 79.9. The van der Waals surface area contributed by atoms with Crippen molar-refractivity contribution in [1.29, 1.82) is 0 Å². The van der Waals surface area contributed by atoms with Crippen molar-refractivity contribution in [3.63, 3.8) is 0 Å². The lowest BCUT2D eigenvalue weighted by Gasteiger charge is -2.25. The van der Waals surface area contributed by atoms with Gasteiger partial charge in [0.2, 0.25) is 0 Å². The molecule has 0 aliphatic heterocycles. The number of thiophene rings is 1. The molecule has 0 saturated heterocycles. The van der Waals surface area contributed by atoms with Crippen LogP contribution < -0.4 is 5.32 Å². The lowest BCUT2D eigenvalue weighted by atomic mass is 9.93. The summed E-state index contributed by atoms with van der Waals surface area (Å²) in [5, 5.41) is 3.51. The maximum Gasteiger partial charge on any atom is 0.125 e. The monoisotopic (exact) mass is 339 g/mol. The predicted octanol–water partition coefficient (Wildman–Crippen LogP) is 5.45. The molecule has 0 amide bonds. The third-order valence-electron chi connectivity index (χ3n) is 3.61. The molecule has 1 N–H and O–H groups in total. The molecule has 0 bridgehead atoms. The lowest BCUT2D eigenvalue weighted by molar-refractivity contribution is 0.604. The number of hydrogen-bond donors (Lipinski definition) is 1. The Balaban J connectivity index is 1.90. The largest absolute Gasteiger partial charge is 0.378 e. The molecule has 3 rings (SSSR count). The van der Waals surface area contributed by atoms with Crippen LogP contribution in [0.1, 0.15) is 34.9 Å². The summed E-state index contributed by atoms with van der Waals surface area (Å²) in [6.45, 7) is 2.01. The first-order valence-corrected chi connectivity index (χ1v) is 8.05. The summed E-state index contributed by atoms with van der Waals surface area (Å²) in [5.74, 6) is -0.185. The highest BCUT2D eigenvalue weighted by Crippen LogP contribution is 2.39. The van der Waals surface area contributed by atoms with Gasteiger partial charge in [-0.2, -0.15) is 0 Å². The van der Waals surface area contributed by atoms with Crippen molar-refractivity contribution in [2.75, 3.05) is 5.32 Å². The van der Waals surface area contributed by atoms with Crippen molar-refractivity contribution < 1.29 is 4.39 Å². The van der Waals surface area contributed by atoms with Gasteiger partial charge in [0.1, 0.15) is 5.82 Å². The van der Waals surface area contributed by atoms with E-state index in [1.165, 1.54) is 26.7 Å². The number of hydrogen-bond acceptors (Lipinski definition) is 2. The minimum Gasteiger partial charge on any atom is -0.378 e. The van der Waals surface area contributed by atoms with Gasteiger partial charge in [-0.05, 0) is 71.4 Å². The van der Waals surface area contributed by atoms with Crippen LogP contribution in [-0.4, -0.2) is 0 Å². The standard InChI is InChI=1S/C15H15BrFNS/c1-9-5-6-10(17)7-13(9)18-12-3-2-4-14-11(12)8-15(16)19-14/h5-8,12,18H,2-4H2,1H3. The van der Waals surface area contributed by atoms with Crippen LogP contribution in [0.4, 0.5) is 10.1 Å². The molecule has 1 aromatic carbocycles. The summed E-state index contributed by atoms with van der Waals surface area (Å²) in [6, 6.07) is 7.42. The zero-order valence-electron chi connectivity index (χ0n) is 10.7. The molecule has 100 valence electrons. The van der Waals surface area contributed by atoms with Crippen LogP contribution in [0.5, 0.6) is 0 Å². The van der Waals surface area contributed by atoms with E-state index < -0.39 is 0 Å². The Kier molecular flexibility index (Phi) is 3.63. The molecule has 4 heteroatoms. The SMILES string of the molecule is Cc1ccc(F)cc1NC1CCCc2sc(Br)cc21. The van der Waals surface area contributed by atoms with Gasteiger partial charge in [0, 0.05) is 10.6 Å². The maximum atomic E-state index is 13.4. The van der Waals surface area contributed by atoms with Gasteiger partial charge in [-0.3, -0.25) is 0 Å². The van der Waals surface area contributed by atoms with E-state index in [0.717, 1.165) is 24.1 Å². The molecule has 0 fully saturated rings. The molecule has 0 radical (unpaired) electrons. The number of halogens is 2. The van der Waals surface area contributed by atoms with Crippen molar-refractivity contribution in [1.82, 2.24) is 0 Å². The first kappa shape index (κ1) is 13.1. The van der Waals surface area contributed by atoms with Gasteiger partial charge in [0.05, 0.1) is 9.83 Å². The highest BCUT2D eigenvalue weighted by Gasteiger charge is 2.22. The fourth-order valence-electron chi connectivity index (χ4n) is 2.61. The molecule has 2 aromatic rings. The normalized spacial score (nSPS) is 18.2. The second kappa shape index (κ2) is 5.25. The van der Waals surface area contributed by atoms with Crippen molar-refractivity contribution in [2.24, 2.45) is 0 Å². The molecule has 1 heterocycles. The molecular weight excluding hydrogens is 325 g/mol. The number of benzene rings is 1. The van der Waals surface area contributed by atoms with Crippen LogP contribution in [0.2, 0.25) is 0 Å². The number of anilines is 1. The fraction of sp³-hybridized carbons (Fsp3) is 0.333. The molecule has 1 aliphatic carbocycles. The van der Waals surface area contributed by atoms with Crippen molar-refractivity contribution in [2.45, 2.75) is 32.2 Å². The van der Waals surface area contributed by atoms with E-state index in [9.17, 15) is 4.39 Å². The van der Waals surface area contributed by atoms with Crippen LogP contribution in [0.25, 0.3) is 0 Å². The third kappa shape index (κ3) is 2.70. The second-order valence-electron chi connectivity index (χ2n) is 4.98. The van der Waals surface area contributed by atoms with Crippen molar-refractivity contribution in [3.8, 4) is 0 Å². The van der Waals surface area contributed by atoms with Gasteiger partial charge >= 0.3 is 0 Å². The Morgan fingerprint density at radius 1 is 1.37 bits per heavy atom. The average molecular weight is 340 g/mol. The molecule has 1 atom stereocenters.